The minimum absolute atomic E-state index is 0. The highest BCUT2D eigenvalue weighted by Crippen LogP contribution is 2.19. The fourth-order valence-corrected chi connectivity index (χ4v) is 4.20. The first-order valence-electron chi connectivity index (χ1n) is 10.1. The van der Waals surface area contributed by atoms with Crippen LogP contribution in [0, 0.1) is 0 Å². The molecule has 0 radical (unpaired) electrons. The number of hydrogen-bond donors (Lipinski definition) is 0. The Morgan fingerprint density at radius 3 is 2.37 bits per heavy atom. The number of halogens is 2. The molecule has 1 aromatic carbocycles. The highest BCUT2D eigenvalue weighted by molar-refractivity contribution is 5.85. The lowest BCUT2D eigenvalue weighted by Gasteiger charge is -2.40. The molecule has 0 aliphatic carbocycles. The van der Waals surface area contributed by atoms with E-state index < -0.39 is 0 Å². The van der Waals surface area contributed by atoms with E-state index in [1.165, 1.54) is 24.8 Å². The van der Waals surface area contributed by atoms with Crippen molar-refractivity contribution in [3.05, 3.63) is 35.9 Å². The molecule has 0 bridgehead atoms. The lowest BCUT2D eigenvalue weighted by Crippen LogP contribution is -2.56. The molecule has 4 nitrogen and oxygen atoms in total. The van der Waals surface area contributed by atoms with E-state index >= 15 is 0 Å². The Hall–Kier alpha value is -0.810. The Morgan fingerprint density at radius 2 is 1.70 bits per heavy atom. The summed E-state index contributed by atoms with van der Waals surface area (Å²) in [6, 6.07) is 10.9. The normalized spacial score (nSPS) is 21.2. The van der Waals surface area contributed by atoms with Gasteiger partial charge in [-0.2, -0.15) is 0 Å². The van der Waals surface area contributed by atoms with Gasteiger partial charge in [-0.25, -0.2) is 0 Å². The molecule has 2 saturated heterocycles. The number of amides is 1. The molecule has 27 heavy (non-hydrogen) atoms. The summed E-state index contributed by atoms with van der Waals surface area (Å²) in [6.07, 6.45) is 5.83. The molecule has 6 heteroatoms. The molecule has 1 aromatic rings. The topological polar surface area (TPSA) is 26.8 Å². The van der Waals surface area contributed by atoms with E-state index in [1.807, 2.05) is 0 Å². The van der Waals surface area contributed by atoms with Crippen molar-refractivity contribution in [1.82, 2.24) is 14.7 Å². The first-order chi connectivity index (χ1) is 12.3. The number of carbonyl (C=O) groups is 1. The zero-order valence-corrected chi connectivity index (χ0v) is 18.1. The van der Waals surface area contributed by atoms with Crippen LogP contribution in [0.1, 0.15) is 38.2 Å². The fraction of sp³-hybridized carbons (Fsp3) is 0.667. The van der Waals surface area contributed by atoms with Crippen LogP contribution in [0.5, 0.6) is 0 Å². The fourth-order valence-electron chi connectivity index (χ4n) is 4.20. The van der Waals surface area contributed by atoms with Crippen LogP contribution in [-0.4, -0.2) is 72.5 Å². The molecular formula is C21H35Cl2N3O. The van der Waals surface area contributed by atoms with E-state index in [1.54, 1.807) is 0 Å². The second-order valence-electron chi connectivity index (χ2n) is 7.40. The third-order valence-electron chi connectivity index (χ3n) is 5.77. The number of carbonyl (C=O) groups excluding carboxylic acids is 1. The van der Waals surface area contributed by atoms with Crippen LogP contribution in [0.4, 0.5) is 0 Å². The predicted octanol–water partition coefficient (Wildman–Crippen LogP) is 3.48. The van der Waals surface area contributed by atoms with Crippen LogP contribution in [0.15, 0.2) is 30.3 Å². The van der Waals surface area contributed by atoms with Gasteiger partial charge in [0.05, 0.1) is 6.04 Å². The summed E-state index contributed by atoms with van der Waals surface area (Å²) in [6.45, 7) is 9.26. The van der Waals surface area contributed by atoms with Crippen molar-refractivity contribution >= 4 is 30.7 Å². The van der Waals surface area contributed by atoms with Crippen LogP contribution < -0.4 is 0 Å². The van der Waals surface area contributed by atoms with Crippen molar-refractivity contribution in [2.75, 3.05) is 45.8 Å². The van der Waals surface area contributed by atoms with Gasteiger partial charge in [0.15, 0.2) is 0 Å². The Kier molecular flexibility index (Phi) is 11.3. The molecule has 2 aliphatic heterocycles. The van der Waals surface area contributed by atoms with Gasteiger partial charge >= 0.3 is 0 Å². The number of benzene rings is 1. The van der Waals surface area contributed by atoms with E-state index in [0.717, 1.165) is 58.7 Å². The highest BCUT2D eigenvalue weighted by atomic mass is 35.5. The Balaban J connectivity index is 0.00000182. The maximum absolute atomic E-state index is 12.9. The number of piperazine rings is 1. The molecule has 1 atom stereocenters. The highest BCUT2D eigenvalue weighted by Gasteiger charge is 2.32. The maximum Gasteiger partial charge on any atom is 0.240 e. The van der Waals surface area contributed by atoms with Crippen molar-refractivity contribution in [3.63, 3.8) is 0 Å². The van der Waals surface area contributed by atoms with Gasteiger partial charge in [0, 0.05) is 26.2 Å². The second-order valence-corrected chi connectivity index (χ2v) is 7.40. The first kappa shape index (κ1) is 24.2. The number of rotatable bonds is 6. The Labute approximate surface area is 177 Å². The van der Waals surface area contributed by atoms with Crippen molar-refractivity contribution in [2.45, 2.75) is 45.1 Å². The number of aryl methyl sites for hydroxylation is 1. The molecule has 0 unspecified atom stereocenters. The van der Waals surface area contributed by atoms with Gasteiger partial charge in [-0.1, -0.05) is 43.7 Å². The molecule has 1 amide bonds. The smallest absolute Gasteiger partial charge is 0.240 e. The minimum Gasteiger partial charge on any atom is -0.339 e. The number of piperidine rings is 1. The van der Waals surface area contributed by atoms with Crippen molar-refractivity contribution in [1.29, 1.82) is 0 Å². The zero-order chi connectivity index (χ0) is 17.5. The van der Waals surface area contributed by atoms with E-state index in [4.69, 9.17) is 0 Å². The summed E-state index contributed by atoms with van der Waals surface area (Å²) in [4.78, 5) is 19.9. The molecule has 2 fully saturated rings. The van der Waals surface area contributed by atoms with Crippen molar-refractivity contribution < 1.29 is 4.79 Å². The van der Waals surface area contributed by atoms with Gasteiger partial charge in [0.25, 0.3) is 0 Å². The molecule has 0 saturated carbocycles. The molecular weight excluding hydrogens is 381 g/mol. The van der Waals surface area contributed by atoms with Crippen LogP contribution >= 0.6 is 24.8 Å². The average Bonchev–Trinajstić information content (AvgIpc) is 2.69. The second kappa shape index (κ2) is 12.6. The molecule has 0 aromatic heterocycles. The van der Waals surface area contributed by atoms with Gasteiger partial charge < -0.3 is 4.90 Å². The molecule has 154 valence electrons. The lowest BCUT2D eigenvalue weighted by atomic mass is 10.0. The Bertz CT molecular complexity index is 535. The molecule has 0 N–H and O–H groups in total. The summed E-state index contributed by atoms with van der Waals surface area (Å²) >= 11 is 0. The van der Waals surface area contributed by atoms with Crippen LogP contribution in [0.3, 0.4) is 0 Å². The SMILES string of the molecule is CCN1CCCC[C@H]1C(=O)N1CCN(CCCc2ccccc2)CC1.Cl.Cl. The molecule has 2 aliphatic rings. The van der Waals surface area contributed by atoms with Crippen LogP contribution in [0.25, 0.3) is 0 Å². The van der Waals surface area contributed by atoms with Crippen LogP contribution in [0.2, 0.25) is 0 Å². The van der Waals surface area contributed by atoms with Crippen LogP contribution in [-0.2, 0) is 11.2 Å². The molecule has 0 spiro atoms. The molecule has 2 heterocycles. The monoisotopic (exact) mass is 415 g/mol. The third-order valence-corrected chi connectivity index (χ3v) is 5.77. The number of likely N-dealkylation sites (N-methyl/N-ethyl adjacent to an activating group) is 1. The van der Waals surface area contributed by atoms with Crippen molar-refractivity contribution in [3.8, 4) is 0 Å². The standard InChI is InChI=1S/C21H33N3O.2ClH/c1-2-23-14-7-6-12-20(23)21(25)24-17-15-22(16-18-24)13-8-11-19-9-4-3-5-10-19;;/h3-5,9-10,20H,2,6-8,11-18H2,1H3;2*1H/t20-;;/m0../s1. The quantitative estimate of drug-likeness (QED) is 0.711. The summed E-state index contributed by atoms with van der Waals surface area (Å²) in [5, 5.41) is 0. The lowest BCUT2D eigenvalue weighted by molar-refractivity contribution is -0.140. The number of nitrogens with zero attached hydrogens (tertiary/aromatic N) is 3. The molecule has 3 rings (SSSR count). The van der Waals surface area contributed by atoms with E-state index in [0.29, 0.717) is 5.91 Å². The van der Waals surface area contributed by atoms with E-state index in [-0.39, 0.29) is 30.9 Å². The van der Waals surface area contributed by atoms with Crippen molar-refractivity contribution in [2.24, 2.45) is 0 Å². The number of hydrogen-bond acceptors (Lipinski definition) is 3. The average molecular weight is 416 g/mol. The minimum atomic E-state index is 0. The van der Waals surface area contributed by atoms with E-state index in [2.05, 4.69) is 52.0 Å². The summed E-state index contributed by atoms with van der Waals surface area (Å²) < 4.78 is 0. The summed E-state index contributed by atoms with van der Waals surface area (Å²) in [5.74, 6) is 0.380. The summed E-state index contributed by atoms with van der Waals surface area (Å²) in [7, 11) is 0. The van der Waals surface area contributed by atoms with Gasteiger partial charge in [-0.05, 0) is 50.9 Å². The maximum atomic E-state index is 12.9. The predicted molar refractivity (Wildman–Crippen MR) is 117 cm³/mol. The number of likely N-dealkylation sites (tertiary alicyclic amines) is 1. The van der Waals surface area contributed by atoms with Gasteiger partial charge in [-0.3, -0.25) is 14.6 Å². The third kappa shape index (κ3) is 6.94. The van der Waals surface area contributed by atoms with Gasteiger partial charge in [-0.15, -0.1) is 24.8 Å². The largest absolute Gasteiger partial charge is 0.339 e. The van der Waals surface area contributed by atoms with Gasteiger partial charge in [0.2, 0.25) is 5.91 Å². The first-order valence-corrected chi connectivity index (χ1v) is 10.1. The van der Waals surface area contributed by atoms with Gasteiger partial charge in [0.1, 0.15) is 0 Å². The summed E-state index contributed by atoms with van der Waals surface area (Å²) in [5.41, 5.74) is 1.42. The zero-order valence-electron chi connectivity index (χ0n) is 16.5. The Morgan fingerprint density at radius 1 is 1.00 bits per heavy atom. The van der Waals surface area contributed by atoms with E-state index in [9.17, 15) is 4.79 Å².